The van der Waals surface area contributed by atoms with E-state index in [4.69, 9.17) is 0 Å². The van der Waals surface area contributed by atoms with Gasteiger partial charge in [0, 0.05) is 17.0 Å². The van der Waals surface area contributed by atoms with Crippen molar-refractivity contribution in [2.24, 2.45) is 0 Å². The zero-order valence-corrected chi connectivity index (χ0v) is 16.4. The number of thioether (sulfide) groups is 1. The summed E-state index contributed by atoms with van der Waals surface area (Å²) in [5.41, 5.74) is 1.79. The van der Waals surface area contributed by atoms with Crippen LogP contribution in [0.2, 0.25) is 0 Å². The smallest absolute Gasteiger partial charge is 0.260 e. The number of amides is 1. The van der Waals surface area contributed by atoms with Gasteiger partial charge in [-0.05, 0) is 18.9 Å². The number of rotatable bonds is 7. The van der Waals surface area contributed by atoms with Crippen molar-refractivity contribution in [3.63, 3.8) is 0 Å². The second-order valence-electron chi connectivity index (χ2n) is 5.94. The van der Waals surface area contributed by atoms with E-state index in [1.165, 1.54) is 23.1 Å². The molecule has 0 unspecified atom stereocenters. The molecular weight excluding hydrogens is 366 g/mol. The molecule has 0 radical (unpaired) electrons. The number of aryl methyl sites for hydroxylation is 1. The molecule has 0 bridgehead atoms. The number of nitrogens with zero attached hydrogens (tertiary/aromatic N) is 1. The third-order valence-electron chi connectivity index (χ3n) is 3.97. The normalized spacial score (nSPS) is 11.0. The Labute approximate surface area is 160 Å². The van der Waals surface area contributed by atoms with Gasteiger partial charge in [0.05, 0.1) is 11.1 Å². The largest absolute Gasteiger partial charge is 0.355 e. The highest BCUT2D eigenvalue weighted by Crippen LogP contribution is 2.35. The van der Waals surface area contributed by atoms with Crippen molar-refractivity contribution in [2.75, 3.05) is 12.3 Å². The Kier molecular flexibility index (Phi) is 6.11. The van der Waals surface area contributed by atoms with Crippen LogP contribution >= 0.6 is 23.1 Å². The maximum Gasteiger partial charge on any atom is 0.260 e. The molecule has 26 heavy (non-hydrogen) atoms. The van der Waals surface area contributed by atoms with Crippen LogP contribution in [0.25, 0.3) is 21.3 Å². The zero-order chi connectivity index (χ0) is 18.5. The van der Waals surface area contributed by atoms with Crippen LogP contribution < -0.4 is 10.9 Å². The van der Waals surface area contributed by atoms with Crippen LogP contribution in [0.4, 0.5) is 0 Å². The van der Waals surface area contributed by atoms with Crippen LogP contribution in [0.1, 0.15) is 24.6 Å². The number of benzene rings is 1. The quantitative estimate of drug-likeness (QED) is 0.365. The fourth-order valence-corrected chi connectivity index (χ4v) is 4.50. The van der Waals surface area contributed by atoms with Gasteiger partial charge in [-0.15, -0.1) is 11.3 Å². The van der Waals surface area contributed by atoms with Crippen LogP contribution in [0, 0.1) is 6.92 Å². The summed E-state index contributed by atoms with van der Waals surface area (Å²) in [6, 6.07) is 9.87. The molecule has 0 atom stereocenters. The average Bonchev–Trinajstić information content (AvgIpc) is 2.97. The van der Waals surface area contributed by atoms with E-state index in [0.29, 0.717) is 21.9 Å². The Balaban J connectivity index is 1.84. The Bertz CT molecular complexity index is 964. The summed E-state index contributed by atoms with van der Waals surface area (Å²) in [6.45, 7) is 4.77. The summed E-state index contributed by atoms with van der Waals surface area (Å²) in [4.78, 5) is 33.6. The van der Waals surface area contributed by atoms with Gasteiger partial charge < -0.3 is 10.3 Å². The van der Waals surface area contributed by atoms with Crippen molar-refractivity contribution in [1.82, 2.24) is 15.3 Å². The SMILES string of the molecule is CCCCNC(=O)CSc1nc2sc(C)c(-c3ccccc3)c2c(=O)[nH]1. The highest BCUT2D eigenvalue weighted by atomic mass is 32.2. The molecule has 2 N–H and O–H groups in total. The van der Waals surface area contributed by atoms with Crippen molar-refractivity contribution in [3.05, 3.63) is 45.6 Å². The molecule has 2 aromatic heterocycles. The lowest BCUT2D eigenvalue weighted by molar-refractivity contribution is -0.118. The van der Waals surface area contributed by atoms with Gasteiger partial charge >= 0.3 is 0 Å². The van der Waals surface area contributed by atoms with Gasteiger partial charge in [0.1, 0.15) is 4.83 Å². The zero-order valence-electron chi connectivity index (χ0n) is 14.8. The second kappa shape index (κ2) is 8.51. The standard InChI is InChI=1S/C19H21N3O2S2/c1-3-4-10-20-14(23)11-25-19-21-17(24)16-15(12(2)26-18(16)22-19)13-8-6-5-7-9-13/h5-9H,3-4,10-11H2,1-2H3,(H,20,23)(H,21,22,24). The van der Waals surface area contributed by atoms with Gasteiger partial charge in [0.15, 0.2) is 5.16 Å². The highest BCUT2D eigenvalue weighted by Gasteiger charge is 2.17. The molecule has 1 amide bonds. The number of hydrogen-bond acceptors (Lipinski definition) is 5. The van der Waals surface area contributed by atoms with E-state index in [1.807, 2.05) is 37.3 Å². The number of aromatic amines is 1. The minimum absolute atomic E-state index is 0.0430. The number of H-pyrrole nitrogens is 1. The Morgan fingerprint density at radius 1 is 1.31 bits per heavy atom. The predicted octanol–water partition coefficient (Wildman–Crippen LogP) is 3.97. The summed E-state index contributed by atoms with van der Waals surface area (Å²) in [7, 11) is 0. The lowest BCUT2D eigenvalue weighted by Crippen LogP contribution is -2.26. The first kappa shape index (κ1) is 18.7. The number of fused-ring (bicyclic) bond motifs is 1. The topological polar surface area (TPSA) is 74.8 Å². The average molecular weight is 388 g/mol. The predicted molar refractivity (Wildman–Crippen MR) is 109 cm³/mol. The van der Waals surface area contributed by atoms with Gasteiger partial charge in [-0.3, -0.25) is 9.59 Å². The van der Waals surface area contributed by atoms with E-state index < -0.39 is 0 Å². The Morgan fingerprint density at radius 3 is 2.81 bits per heavy atom. The van der Waals surface area contributed by atoms with Crippen molar-refractivity contribution < 1.29 is 4.79 Å². The maximum absolute atomic E-state index is 12.7. The third kappa shape index (κ3) is 4.16. The van der Waals surface area contributed by atoms with E-state index in [9.17, 15) is 9.59 Å². The fraction of sp³-hybridized carbons (Fsp3) is 0.316. The molecule has 0 saturated heterocycles. The van der Waals surface area contributed by atoms with Gasteiger partial charge in [-0.25, -0.2) is 4.98 Å². The van der Waals surface area contributed by atoms with Gasteiger partial charge in [-0.1, -0.05) is 55.4 Å². The monoisotopic (exact) mass is 387 g/mol. The van der Waals surface area contributed by atoms with Crippen molar-refractivity contribution in [3.8, 4) is 11.1 Å². The summed E-state index contributed by atoms with van der Waals surface area (Å²) in [5.74, 6) is 0.201. The number of carbonyl (C=O) groups excluding carboxylic acids is 1. The molecule has 0 aliphatic rings. The first-order valence-electron chi connectivity index (χ1n) is 8.58. The number of nitrogens with one attached hydrogen (secondary N) is 2. The molecule has 0 fully saturated rings. The first-order chi connectivity index (χ1) is 12.6. The Hall–Kier alpha value is -2.12. The number of carbonyl (C=O) groups is 1. The molecule has 136 valence electrons. The van der Waals surface area contributed by atoms with Gasteiger partial charge in [0.2, 0.25) is 5.91 Å². The molecule has 2 heterocycles. The summed E-state index contributed by atoms with van der Waals surface area (Å²) in [5, 5.41) is 3.96. The second-order valence-corrected chi connectivity index (χ2v) is 8.11. The third-order valence-corrected chi connectivity index (χ3v) is 5.84. The lowest BCUT2D eigenvalue weighted by Gasteiger charge is -2.04. The molecule has 1 aromatic carbocycles. The molecule has 5 nitrogen and oxygen atoms in total. The van der Waals surface area contributed by atoms with Gasteiger partial charge in [-0.2, -0.15) is 0 Å². The summed E-state index contributed by atoms with van der Waals surface area (Å²) >= 11 is 2.76. The molecule has 0 aliphatic heterocycles. The fourth-order valence-electron chi connectivity index (χ4n) is 2.71. The number of thiophene rings is 1. The highest BCUT2D eigenvalue weighted by molar-refractivity contribution is 7.99. The van der Waals surface area contributed by atoms with E-state index in [1.54, 1.807) is 0 Å². The minimum atomic E-state index is -0.160. The van der Waals surface area contributed by atoms with E-state index in [2.05, 4.69) is 22.2 Å². The van der Waals surface area contributed by atoms with E-state index in [-0.39, 0.29) is 17.2 Å². The molecule has 3 aromatic rings. The number of unbranched alkanes of at least 4 members (excludes halogenated alkanes) is 1. The molecule has 0 spiro atoms. The molecule has 0 saturated carbocycles. The van der Waals surface area contributed by atoms with Crippen LogP contribution in [-0.4, -0.2) is 28.2 Å². The van der Waals surface area contributed by atoms with Crippen molar-refractivity contribution in [1.29, 1.82) is 0 Å². The van der Waals surface area contributed by atoms with Crippen LogP contribution in [0.5, 0.6) is 0 Å². The van der Waals surface area contributed by atoms with Crippen molar-refractivity contribution in [2.45, 2.75) is 31.8 Å². The summed E-state index contributed by atoms with van der Waals surface area (Å²) < 4.78 is 0. The van der Waals surface area contributed by atoms with Crippen molar-refractivity contribution >= 4 is 39.2 Å². The number of aromatic nitrogens is 2. The van der Waals surface area contributed by atoms with Crippen LogP contribution in [-0.2, 0) is 4.79 Å². The van der Waals surface area contributed by atoms with Gasteiger partial charge in [0.25, 0.3) is 5.56 Å². The molecular formula is C19H21N3O2S2. The van der Waals surface area contributed by atoms with E-state index >= 15 is 0 Å². The molecule has 3 rings (SSSR count). The minimum Gasteiger partial charge on any atom is -0.355 e. The van der Waals surface area contributed by atoms with Crippen LogP contribution in [0.15, 0.2) is 40.3 Å². The summed E-state index contributed by atoms with van der Waals surface area (Å²) in [6.07, 6.45) is 2.01. The number of hydrogen-bond donors (Lipinski definition) is 2. The van der Waals surface area contributed by atoms with Crippen LogP contribution in [0.3, 0.4) is 0 Å². The molecule has 7 heteroatoms. The van der Waals surface area contributed by atoms with E-state index in [0.717, 1.165) is 28.8 Å². The molecule has 0 aliphatic carbocycles. The maximum atomic E-state index is 12.7. The Morgan fingerprint density at radius 2 is 2.08 bits per heavy atom. The lowest BCUT2D eigenvalue weighted by atomic mass is 10.0. The first-order valence-corrected chi connectivity index (χ1v) is 10.4.